The minimum Gasteiger partial charge on any atom is -0.478 e. The zero-order valence-corrected chi connectivity index (χ0v) is 8.28. The summed E-state index contributed by atoms with van der Waals surface area (Å²) in [4.78, 5) is 26.3. The van der Waals surface area contributed by atoms with Gasteiger partial charge in [0.1, 0.15) is 5.69 Å². The van der Waals surface area contributed by atoms with Crippen LogP contribution in [0.3, 0.4) is 0 Å². The second-order valence-electron chi connectivity index (χ2n) is 2.91. The molecule has 9 heteroatoms. The summed E-state index contributed by atoms with van der Waals surface area (Å²) >= 11 is 0. The molecule has 0 fully saturated rings. The molecule has 2 aromatic rings. The number of anilines is 1. The molecule has 9 nitrogen and oxygen atoms in total. The number of hydrogen-bond acceptors (Lipinski definition) is 6. The Balaban J connectivity index is 2.28. The van der Waals surface area contributed by atoms with E-state index in [2.05, 4.69) is 30.9 Å². The lowest BCUT2D eigenvalue weighted by Crippen LogP contribution is -2.18. The van der Waals surface area contributed by atoms with Crippen molar-refractivity contribution in [3.8, 4) is 0 Å². The molecule has 0 saturated carbocycles. The summed E-state index contributed by atoms with van der Waals surface area (Å²) < 4.78 is 0. The summed E-state index contributed by atoms with van der Waals surface area (Å²) in [5.74, 6) is -1.93. The van der Waals surface area contributed by atoms with Crippen molar-refractivity contribution in [2.24, 2.45) is 0 Å². The third-order valence-corrected chi connectivity index (χ3v) is 1.83. The Hall–Kier alpha value is -2.84. The maximum Gasteiger partial charge on any atom is 0.338 e. The normalized spacial score (nSPS) is 9.88. The number of amides is 1. The highest BCUT2D eigenvalue weighted by Crippen LogP contribution is 2.07. The highest BCUT2D eigenvalue weighted by atomic mass is 16.4. The molecule has 0 spiro atoms. The van der Waals surface area contributed by atoms with E-state index in [-0.39, 0.29) is 17.2 Å². The Kier molecular flexibility index (Phi) is 2.73. The van der Waals surface area contributed by atoms with E-state index in [0.29, 0.717) is 0 Å². The van der Waals surface area contributed by atoms with Gasteiger partial charge in [-0.1, -0.05) is 5.10 Å². The van der Waals surface area contributed by atoms with Crippen LogP contribution in [0, 0.1) is 0 Å². The number of tetrazole rings is 1. The van der Waals surface area contributed by atoms with E-state index in [4.69, 9.17) is 5.11 Å². The van der Waals surface area contributed by atoms with Crippen LogP contribution in [0.4, 0.5) is 5.95 Å². The second kappa shape index (κ2) is 4.35. The molecule has 0 saturated heterocycles. The number of carbonyl (C=O) groups is 2. The van der Waals surface area contributed by atoms with Gasteiger partial charge in [0.2, 0.25) is 5.95 Å². The SMILES string of the molecule is O=C(O)c1cccnc1C(=O)Nc1nnn[nH]1. The van der Waals surface area contributed by atoms with E-state index in [9.17, 15) is 9.59 Å². The number of carboxylic acid groups (broad SMARTS) is 1. The van der Waals surface area contributed by atoms with E-state index in [0.717, 1.165) is 0 Å². The van der Waals surface area contributed by atoms with Crippen LogP contribution in [0.2, 0.25) is 0 Å². The molecule has 86 valence electrons. The molecule has 1 amide bonds. The predicted octanol–water partition coefficient (Wildman–Crippen LogP) is -0.455. The summed E-state index contributed by atoms with van der Waals surface area (Å²) in [5.41, 5.74) is -0.408. The molecule has 2 heterocycles. The molecule has 2 rings (SSSR count). The average molecular weight is 234 g/mol. The van der Waals surface area contributed by atoms with Crippen LogP contribution in [0.1, 0.15) is 20.8 Å². The molecule has 0 atom stereocenters. The maximum atomic E-state index is 11.7. The van der Waals surface area contributed by atoms with Crippen LogP contribution in [0.15, 0.2) is 18.3 Å². The Morgan fingerprint density at radius 2 is 2.24 bits per heavy atom. The van der Waals surface area contributed by atoms with Crippen molar-refractivity contribution < 1.29 is 14.7 Å². The average Bonchev–Trinajstić information content (AvgIpc) is 2.81. The van der Waals surface area contributed by atoms with E-state index in [1.165, 1.54) is 18.3 Å². The number of nitrogens with zero attached hydrogens (tertiary/aromatic N) is 4. The van der Waals surface area contributed by atoms with Gasteiger partial charge in [-0.05, 0) is 22.6 Å². The molecule has 0 aliphatic heterocycles. The summed E-state index contributed by atoms with van der Waals surface area (Å²) in [7, 11) is 0. The number of aromatic amines is 1. The molecule has 0 radical (unpaired) electrons. The summed E-state index contributed by atoms with van der Waals surface area (Å²) in [5, 5.41) is 23.4. The Labute approximate surface area is 93.9 Å². The fraction of sp³-hybridized carbons (Fsp3) is 0. The number of rotatable bonds is 3. The molecule has 0 bridgehead atoms. The number of aromatic nitrogens is 5. The van der Waals surface area contributed by atoms with E-state index >= 15 is 0 Å². The van der Waals surface area contributed by atoms with Crippen LogP contribution in [0.5, 0.6) is 0 Å². The van der Waals surface area contributed by atoms with Crippen molar-refractivity contribution in [1.29, 1.82) is 0 Å². The Bertz CT molecular complexity index is 552. The number of aromatic carboxylic acids is 1. The van der Waals surface area contributed by atoms with Gasteiger partial charge in [0.05, 0.1) is 5.56 Å². The van der Waals surface area contributed by atoms with Gasteiger partial charge in [0.25, 0.3) is 5.91 Å². The number of pyridine rings is 1. The topological polar surface area (TPSA) is 134 Å². The molecule has 0 aliphatic carbocycles. The van der Waals surface area contributed by atoms with Crippen LogP contribution >= 0.6 is 0 Å². The minimum absolute atomic E-state index is 0.0111. The first-order valence-electron chi connectivity index (χ1n) is 4.42. The van der Waals surface area contributed by atoms with Gasteiger partial charge >= 0.3 is 5.97 Å². The van der Waals surface area contributed by atoms with E-state index < -0.39 is 11.9 Å². The fourth-order valence-electron chi connectivity index (χ4n) is 1.14. The number of nitrogens with one attached hydrogen (secondary N) is 2. The lowest BCUT2D eigenvalue weighted by atomic mass is 10.2. The van der Waals surface area contributed by atoms with Gasteiger partial charge in [-0.15, -0.1) is 0 Å². The van der Waals surface area contributed by atoms with Crippen molar-refractivity contribution in [2.75, 3.05) is 5.32 Å². The number of hydrogen-bond donors (Lipinski definition) is 3. The monoisotopic (exact) mass is 234 g/mol. The van der Waals surface area contributed by atoms with Gasteiger partial charge in [-0.3, -0.25) is 15.1 Å². The van der Waals surface area contributed by atoms with E-state index in [1.807, 2.05) is 0 Å². The number of carboxylic acids is 1. The number of H-pyrrole nitrogens is 1. The molecular weight excluding hydrogens is 228 g/mol. The molecule has 0 unspecified atom stereocenters. The highest BCUT2D eigenvalue weighted by molar-refractivity contribution is 6.08. The first-order chi connectivity index (χ1) is 8.18. The summed E-state index contributed by atoms with van der Waals surface area (Å²) in [6, 6.07) is 2.71. The first kappa shape index (κ1) is 10.7. The quantitative estimate of drug-likeness (QED) is 0.654. The Morgan fingerprint density at radius 1 is 1.41 bits per heavy atom. The van der Waals surface area contributed by atoms with Crippen molar-refractivity contribution in [1.82, 2.24) is 25.6 Å². The third-order valence-electron chi connectivity index (χ3n) is 1.83. The van der Waals surface area contributed by atoms with Gasteiger partial charge in [0.15, 0.2) is 0 Å². The van der Waals surface area contributed by atoms with Crippen LogP contribution in [-0.4, -0.2) is 42.6 Å². The van der Waals surface area contributed by atoms with Crippen molar-refractivity contribution >= 4 is 17.8 Å². The second-order valence-corrected chi connectivity index (χ2v) is 2.91. The maximum absolute atomic E-state index is 11.7. The third kappa shape index (κ3) is 2.22. The van der Waals surface area contributed by atoms with Crippen LogP contribution in [-0.2, 0) is 0 Å². The zero-order chi connectivity index (χ0) is 12.3. The van der Waals surface area contributed by atoms with Crippen molar-refractivity contribution in [3.63, 3.8) is 0 Å². The lowest BCUT2D eigenvalue weighted by molar-refractivity contribution is 0.0691. The molecule has 17 heavy (non-hydrogen) atoms. The van der Waals surface area contributed by atoms with Crippen molar-refractivity contribution in [3.05, 3.63) is 29.6 Å². The van der Waals surface area contributed by atoms with Crippen LogP contribution in [0.25, 0.3) is 0 Å². The molecule has 0 aliphatic rings. The molecule has 2 aromatic heterocycles. The van der Waals surface area contributed by atoms with Gasteiger partial charge in [-0.25, -0.2) is 9.89 Å². The molecule has 3 N–H and O–H groups in total. The fourth-order valence-corrected chi connectivity index (χ4v) is 1.14. The molecule has 0 aromatic carbocycles. The van der Waals surface area contributed by atoms with Gasteiger partial charge in [0, 0.05) is 6.20 Å². The van der Waals surface area contributed by atoms with Gasteiger partial charge < -0.3 is 5.11 Å². The summed E-state index contributed by atoms with van der Waals surface area (Å²) in [6.45, 7) is 0. The smallest absolute Gasteiger partial charge is 0.338 e. The van der Waals surface area contributed by atoms with Crippen molar-refractivity contribution in [2.45, 2.75) is 0 Å². The Morgan fingerprint density at radius 3 is 2.88 bits per heavy atom. The van der Waals surface area contributed by atoms with E-state index in [1.54, 1.807) is 0 Å². The summed E-state index contributed by atoms with van der Waals surface area (Å²) in [6.07, 6.45) is 1.32. The molecular formula is C8H6N6O3. The lowest BCUT2D eigenvalue weighted by Gasteiger charge is -2.03. The van der Waals surface area contributed by atoms with Crippen LogP contribution < -0.4 is 5.32 Å². The first-order valence-corrected chi connectivity index (χ1v) is 4.42. The minimum atomic E-state index is -1.24. The van der Waals surface area contributed by atoms with Gasteiger partial charge in [-0.2, -0.15) is 0 Å². The standard InChI is InChI=1S/C8H6N6O3/c15-6(10-8-11-13-14-12-8)5-4(7(16)17)2-1-3-9-5/h1-3H,(H,16,17)(H2,10,11,12,13,14,15). The zero-order valence-electron chi connectivity index (χ0n) is 8.28. The number of carbonyl (C=O) groups excluding carboxylic acids is 1. The predicted molar refractivity (Wildman–Crippen MR) is 53.3 cm³/mol. The highest BCUT2D eigenvalue weighted by Gasteiger charge is 2.18. The largest absolute Gasteiger partial charge is 0.478 e.